The summed E-state index contributed by atoms with van der Waals surface area (Å²) in [5.74, 6) is 0.0522. The Bertz CT molecular complexity index is 401. The minimum Gasteiger partial charge on any atom is -0.467 e. The van der Waals surface area contributed by atoms with Crippen LogP contribution in [0.1, 0.15) is 35.4 Å². The first-order valence-electron chi connectivity index (χ1n) is 5.85. The molecule has 4 nitrogen and oxygen atoms in total. The van der Waals surface area contributed by atoms with Crippen molar-refractivity contribution in [3.63, 3.8) is 0 Å². The largest absolute Gasteiger partial charge is 0.467 e. The van der Waals surface area contributed by atoms with Gasteiger partial charge in [-0.05, 0) is 25.5 Å². The quantitative estimate of drug-likeness (QED) is 0.616. The summed E-state index contributed by atoms with van der Waals surface area (Å²) >= 11 is 0. The molecule has 0 spiro atoms. The van der Waals surface area contributed by atoms with Crippen LogP contribution in [0.2, 0.25) is 0 Å². The molecule has 0 atom stereocenters. The molecule has 0 aliphatic carbocycles. The molecule has 0 aliphatic heterocycles. The summed E-state index contributed by atoms with van der Waals surface area (Å²) in [6.45, 7) is 0.827. The minimum absolute atomic E-state index is 0.0993. The summed E-state index contributed by atoms with van der Waals surface area (Å²) in [6.07, 6.45) is -3.03. The standard InChI is InChI=1S/C12H16F3NO3/c1-18-11(17)9-6-10(19-8-9)7-16-5-3-2-4-12(13,14)15/h6,8,16H,2-5,7H2,1H3. The van der Waals surface area contributed by atoms with Crippen LogP contribution in [0.3, 0.4) is 0 Å². The summed E-state index contributed by atoms with van der Waals surface area (Å²) < 4.78 is 45.2. The monoisotopic (exact) mass is 279 g/mol. The number of carbonyl (C=O) groups is 1. The van der Waals surface area contributed by atoms with Crippen molar-refractivity contribution in [2.45, 2.75) is 32.0 Å². The third-order valence-electron chi connectivity index (χ3n) is 2.44. The molecule has 1 heterocycles. The van der Waals surface area contributed by atoms with Gasteiger partial charge in [0.15, 0.2) is 0 Å². The van der Waals surface area contributed by atoms with Crippen LogP contribution in [-0.2, 0) is 11.3 Å². The number of hydrogen-bond acceptors (Lipinski definition) is 4. The average molecular weight is 279 g/mol. The van der Waals surface area contributed by atoms with E-state index >= 15 is 0 Å². The summed E-state index contributed by atoms with van der Waals surface area (Å²) in [4.78, 5) is 11.1. The van der Waals surface area contributed by atoms with Crippen LogP contribution in [0.15, 0.2) is 16.7 Å². The van der Waals surface area contributed by atoms with E-state index in [1.165, 1.54) is 19.4 Å². The van der Waals surface area contributed by atoms with E-state index in [9.17, 15) is 18.0 Å². The summed E-state index contributed by atoms with van der Waals surface area (Å²) in [7, 11) is 1.27. The van der Waals surface area contributed by atoms with Gasteiger partial charge in [0.05, 0.1) is 19.2 Å². The molecule has 0 saturated carbocycles. The molecule has 0 saturated heterocycles. The number of esters is 1. The molecule has 0 amide bonds. The Morgan fingerprint density at radius 1 is 1.42 bits per heavy atom. The fraction of sp³-hybridized carbons (Fsp3) is 0.583. The van der Waals surface area contributed by atoms with Gasteiger partial charge in [0.25, 0.3) is 0 Å². The molecule has 1 rings (SSSR count). The summed E-state index contributed by atoms with van der Waals surface area (Å²) in [5, 5.41) is 2.94. The van der Waals surface area contributed by atoms with Crippen LogP contribution in [0.4, 0.5) is 13.2 Å². The van der Waals surface area contributed by atoms with Gasteiger partial charge in [-0.15, -0.1) is 0 Å². The second-order valence-electron chi connectivity index (χ2n) is 4.04. The van der Waals surface area contributed by atoms with Crippen LogP contribution < -0.4 is 5.32 Å². The van der Waals surface area contributed by atoms with E-state index in [2.05, 4.69) is 10.1 Å². The van der Waals surface area contributed by atoms with Crippen molar-refractivity contribution >= 4 is 5.97 Å². The van der Waals surface area contributed by atoms with Crippen molar-refractivity contribution in [3.05, 3.63) is 23.7 Å². The number of halogens is 3. The molecule has 0 aliphatic rings. The molecule has 0 bridgehead atoms. The second kappa shape index (κ2) is 7.18. The lowest BCUT2D eigenvalue weighted by Crippen LogP contribution is -2.15. The van der Waals surface area contributed by atoms with Crippen molar-refractivity contribution in [2.24, 2.45) is 0 Å². The number of methoxy groups -OCH3 is 1. The van der Waals surface area contributed by atoms with Gasteiger partial charge >= 0.3 is 12.1 Å². The van der Waals surface area contributed by atoms with Crippen LogP contribution in [0.25, 0.3) is 0 Å². The van der Waals surface area contributed by atoms with E-state index in [1.807, 2.05) is 0 Å². The minimum atomic E-state index is -4.09. The third-order valence-corrected chi connectivity index (χ3v) is 2.44. The van der Waals surface area contributed by atoms with Crippen molar-refractivity contribution < 1.29 is 27.1 Å². The van der Waals surface area contributed by atoms with Gasteiger partial charge in [-0.25, -0.2) is 4.79 Å². The predicted molar refractivity (Wildman–Crippen MR) is 61.7 cm³/mol. The Labute approximate surface area is 108 Å². The topological polar surface area (TPSA) is 51.5 Å². The molecule has 19 heavy (non-hydrogen) atoms. The van der Waals surface area contributed by atoms with Crippen molar-refractivity contribution in [2.75, 3.05) is 13.7 Å². The SMILES string of the molecule is COC(=O)c1coc(CNCCCCC(F)(F)F)c1. The number of rotatable bonds is 7. The van der Waals surface area contributed by atoms with Crippen LogP contribution in [-0.4, -0.2) is 25.8 Å². The molecular formula is C12H16F3NO3. The van der Waals surface area contributed by atoms with Gasteiger partial charge < -0.3 is 14.5 Å². The number of carbonyl (C=O) groups excluding carboxylic acids is 1. The van der Waals surface area contributed by atoms with E-state index in [4.69, 9.17) is 4.42 Å². The summed E-state index contributed by atoms with van der Waals surface area (Å²) in [6, 6.07) is 1.54. The molecule has 1 aromatic rings. The van der Waals surface area contributed by atoms with E-state index in [-0.39, 0.29) is 6.42 Å². The normalized spacial score (nSPS) is 11.6. The average Bonchev–Trinajstić information content (AvgIpc) is 2.80. The Hall–Kier alpha value is -1.50. The van der Waals surface area contributed by atoms with Crippen LogP contribution in [0, 0.1) is 0 Å². The van der Waals surface area contributed by atoms with Gasteiger partial charge in [0.2, 0.25) is 0 Å². The fourth-order valence-corrected chi connectivity index (χ4v) is 1.49. The zero-order valence-corrected chi connectivity index (χ0v) is 10.5. The number of furan rings is 1. The van der Waals surface area contributed by atoms with Gasteiger partial charge in [0.1, 0.15) is 12.0 Å². The van der Waals surface area contributed by atoms with Gasteiger partial charge in [-0.3, -0.25) is 0 Å². The number of ether oxygens (including phenoxy) is 1. The lowest BCUT2D eigenvalue weighted by molar-refractivity contribution is -0.135. The van der Waals surface area contributed by atoms with Crippen molar-refractivity contribution in [1.82, 2.24) is 5.32 Å². The number of unbranched alkanes of at least 4 members (excludes halogenated alkanes) is 1. The van der Waals surface area contributed by atoms with Gasteiger partial charge in [-0.1, -0.05) is 0 Å². The Balaban J connectivity index is 2.16. The van der Waals surface area contributed by atoms with E-state index in [1.54, 1.807) is 0 Å². The van der Waals surface area contributed by atoms with Crippen molar-refractivity contribution in [3.8, 4) is 0 Å². The Morgan fingerprint density at radius 2 is 2.16 bits per heavy atom. The van der Waals surface area contributed by atoms with E-state index in [0.29, 0.717) is 30.8 Å². The molecule has 1 N–H and O–H groups in total. The number of hydrogen-bond donors (Lipinski definition) is 1. The molecule has 1 aromatic heterocycles. The highest BCUT2D eigenvalue weighted by atomic mass is 19.4. The number of nitrogens with one attached hydrogen (secondary N) is 1. The van der Waals surface area contributed by atoms with Gasteiger partial charge in [-0.2, -0.15) is 13.2 Å². The molecule has 0 unspecified atom stereocenters. The highest BCUT2D eigenvalue weighted by Crippen LogP contribution is 2.21. The smallest absolute Gasteiger partial charge is 0.389 e. The maximum atomic E-state index is 11.9. The molecule has 108 valence electrons. The molecule has 0 aromatic carbocycles. The predicted octanol–water partition coefficient (Wildman–Crippen LogP) is 2.89. The maximum Gasteiger partial charge on any atom is 0.389 e. The Morgan fingerprint density at radius 3 is 2.79 bits per heavy atom. The van der Waals surface area contributed by atoms with Gasteiger partial charge in [0, 0.05) is 6.42 Å². The zero-order valence-electron chi connectivity index (χ0n) is 10.5. The maximum absolute atomic E-state index is 11.9. The lowest BCUT2D eigenvalue weighted by atomic mass is 10.2. The lowest BCUT2D eigenvalue weighted by Gasteiger charge is -2.06. The Kier molecular flexibility index (Phi) is 5.88. The first kappa shape index (κ1) is 15.6. The second-order valence-corrected chi connectivity index (χ2v) is 4.04. The molecule has 7 heteroatoms. The fourth-order valence-electron chi connectivity index (χ4n) is 1.49. The zero-order chi connectivity index (χ0) is 14.3. The molecule has 0 radical (unpaired) electrons. The molecular weight excluding hydrogens is 263 g/mol. The third kappa shape index (κ3) is 6.28. The first-order valence-corrected chi connectivity index (χ1v) is 5.85. The van der Waals surface area contributed by atoms with Crippen molar-refractivity contribution in [1.29, 1.82) is 0 Å². The number of alkyl halides is 3. The van der Waals surface area contributed by atoms with Crippen LogP contribution in [0.5, 0.6) is 0 Å². The highest BCUT2D eigenvalue weighted by Gasteiger charge is 2.25. The van der Waals surface area contributed by atoms with E-state index < -0.39 is 18.6 Å². The van der Waals surface area contributed by atoms with Crippen LogP contribution >= 0.6 is 0 Å². The first-order chi connectivity index (χ1) is 8.92. The molecule has 0 fully saturated rings. The highest BCUT2D eigenvalue weighted by molar-refractivity contribution is 5.88. The van der Waals surface area contributed by atoms with E-state index in [0.717, 1.165) is 0 Å². The summed E-state index contributed by atoms with van der Waals surface area (Å²) in [5.41, 5.74) is 0.316.